The molecule has 0 aliphatic carbocycles. The lowest BCUT2D eigenvalue weighted by Crippen LogP contribution is -2.24. The van der Waals surface area contributed by atoms with E-state index in [9.17, 15) is 14.9 Å². The highest BCUT2D eigenvalue weighted by atomic mass is 35.5. The lowest BCUT2D eigenvalue weighted by atomic mass is 10.2. The van der Waals surface area contributed by atoms with Crippen LogP contribution in [0.5, 0.6) is 5.75 Å². The Morgan fingerprint density at radius 2 is 1.96 bits per heavy atom. The van der Waals surface area contributed by atoms with E-state index in [0.29, 0.717) is 16.3 Å². The molecule has 24 heavy (non-hydrogen) atoms. The van der Waals surface area contributed by atoms with Crippen molar-refractivity contribution >= 4 is 41.0 Å². The molecule has 0 aliphatic rings. The molecule has 7 nitrogen and oxygen atoms in total. The van der Waals surface area contributed by atoms with E-state index in [1.54, 1.807) is 24.3 Å². The number of nitro benzene ring substituents is 1. The van der Waals surface area contributed by atoms with Gasteiger partial charge in [-0.15, -0.1) is 0 Å². The summed E-state index contributed by atoms with van der Waals surface area (Å²) in [6.07, 6.45) is 1.32. The monoisotopic (exact) mass is 367 g/mol. The van der Waals surface area contributed by atoms with Crippen LogP contribution in [-0.4, -0.2) is 23.7 Å². The average molecular weight is 368 g/mol. The first kappa shape index (κ1) is 17.7. The summed E-state index contributed by atoms with van der Waals surface area (Å²) >= 11 is 11.5. The largest absolute Gasteiger partial charge is 0.484 e. The number of benzene rings is 2. The molecule has 0 fully saturated rings. The predicted octanol–water partition coefficient (Wildman–Crippen LogP) is 3.43. The summed E-state index contributed by atoms with van der Waals surface area (Å²) in [7, 11) is 0. The van der Waals surface area contributed by atoms with Crippen molar-refractivity contribution in [3.8, 4) is 5.75 Å². The second kappa shape index (κ2) is 8.28. The third kappa shape index (κ3) is 5.22. The Kier molecular flexibility index (Phi) is 6.11. The molecule has 2 rings (SSSR count). The number of carbonyl (C=O) groups is 1. The molecule has 0 heterocycles. The van der Waals surface area contributed by atoms with Gasteiger partial charge in [-0.3, -0.25) is 14.9 Å². The van der Waals surface area contributed by atoms with E-state index in [1.807, 2.05) is 0 Å². The third-order valence-electron chi connectivity index (χ3n) is 2.75. The van der Waals surface area contributed by atoms with Gasteiger partial charge in [0.2, 0.25) is 0 Å². The minimum Gasteiger partial charge on any atom is -0.484 e. The van der Waals surface area contributed by atoms with Crippen molar-refractivity contribution in [2.24, 2.45) is 5.10 Å². The van der Waals surface area contributed by atoms with Crippen molar-refractivity contribution in [2.75, 3.05) is 6.61 Å². The van der Waals surface area contributed by atoms with Crippen LogP contribution in [0.15, 0.2) is 47.6 Å². The van der Waals surface area contributed by atoms with Gasteiger partial charge in [-0.05, 0) is 42.0 Å². The molecule has 0 saturated carbocycles. The first-order valence-electron chi connectivity index (χ1n) is 6.60. The maximum Gasteiger partial charge on any atom is 0.287 e. The molecule has 0 aromatic heterocycles. The van der Waals surface area contributed by atoms with Crippen molar-refractivity contribution in [3.63, 3.8) is 0 Å². The zero-order valence-corrected chi connectivity index (χ0v) is 13.6. The number of carbonyl (C=O) groups excluding carboxylic acids is 1. The van der Waals surface area contributed by atoms with Crippen molar-refractivity contribution in [1.29, 1.82) is 0 Å². The highest BCUT2D eigenvalue weighted by molar-refractivity contribution is 6.33. The number of nitrogens with zero attached hydrogens (tertiary/aromatic N) is 2. The minimum absolute atomic E-state index is 0.0126. The molecule has 0 spiro atoms. The van der Waals surface area contributed by atoms with Crippen LogP contribution in [0.2, 0.25) is 10.0 Å². The van der Waals surface area contributed by atoms with Gasteiger partial charge in [0.1, 0.15) is 10.8 Å². The first-order chi connectivity index (χ1) is 11.5. The number of hydrogen-bond acceptors (Lipinski definition) is 5. The fraction of sp³-hybridized carbons (Fsp3) is 0.0667. The Morgan fingerprint density at radius 1 is 1.25 bits per heavy atom. The van der Waals surface area contributed by atoms with Gasteiger partial charge in [-0.1, -0.05) is 23.2 Å². The smallest absolute Gasteiger partial charge is 0.287 e. The first-order valence-corrected chi connectivity index (χ1v) is 7.35. The van der Waals surface area contributed by atoms with Gasteiger partial charge >= 0.3 is 0 Å². The molecule has 124 valence electrons. The number of amides is 1. The van der Waals surface area contributed by atoms with Crippen LogP contribution in [-0.2, 0) is 4.79 Å². The van der Waals surface area contributed by atoms with Crippen molar-refractivity contribution in [1.82, 2.24) is 5.43 Å². The van der Waals surface area contributed by atoms with E-state index in [2.05, 4.69) is 10.5 Å². The van der Waals surface area contributed by atoms with Gasteiger partial charge in [0.05, 0.1) is 11.1 Å². The Labute approximate surface area is 147 Å². The van der Waals surface area contributed by atoms with Gasteiger partial charge in [-0.25, -0.2) is 5.43 Å². The number of hydrazone groups is 1. The summed E-state index contributed by atoms with van der Waals surface area (Å²) < 4.78 is 5.25. The van der Waals surface area contributed by atoms with Gasteiger partial charge in [0.25, 0.3) is 11.6 Å². The van der Waals surface area contributed by atoms with E-state index in [-0.39, 0.29) is 17.3 Å². The molecule has 1 amide bonds. The maximum absolute atomic E-state index is 11.6. The molecule has 2 aromatic rings. The number of nitro groups is 1. The molecule has 0 saturated heterocycles. The van der Waals surface area contributed by atoms with Gasteiger partial charge in [0.15, 0.2) is 6.61 Å². The van der Waals surface area contributed by atoms with Crippen LogP contribution >= 0.6 is 23.2 Å². The fourth-order valence-corrected chi connectivity index (χ4v) is 2.03. The fourth-order valence-electron chi connectivity index (χ4n) is 1.64. The van der Waals surface area contributed by atoms with Crippen molar-refractivity contribution in [2.45, 2.75) is 0 Å². The zero-order chi connectivity index (χ0) is 17.5. The quantitative estimate of drug-likeness (QED) is 0.480. The summed E-state index contributed by atoms with van der Waals surface area (Å²) in [4.78, 5) is 21.7. The standard InChI is InChI=1S/C15H11Cl2N3O4/c16-11-2-4-12(5-3-11)24-9-15(21)19-18-8-10-1-6-14(20(22)23)13(17)7-10/h1-8H,9H2,(H,19,21)/b18-8+. The average Bonchev–Trinajstić information content (AvgIpc) is 2.54. The van der Waals surface area contributed by atoms with Gasteiger partial charge in [0, 0.05) is 11.1 Å². The zero-order valence-electron chi connectivity index (χ0n) is 12.1. The van der Waals surface area contributed by atoms with Crippen LogP contribution in [0.1, 0.15) is 5.56 Å². The van der Waals surface area contributed by atoms with E-state index in [4.69, 9.17) is 27.9 Å². The van der Waals surface area contributed by atoms with Crippen LogP contribution in [0.25, 0.3) is 0 Å². The molecule has 1 N–H and O–H groups in total. The van der Waals surface area contributed by atoms with E-state index >= 15 is 0 Å². The lowest BCUT2D eigenvalue weighted by Gasteiger charge is -2.04. The summed E-state index contributed by atoms with van der Waals surface area (Å²) in [6.45, 7) is -0.222. The highest BCUT2D eigenvalue weighted by Gasteiger charge is 2.11. The summed E-state index contributed by atoms with van der Waals surface area (Å²) in [5.74, 6) is 0.0369. The highest BCUT2D eigenvalue weighted by Crippen LogP contribution is 2.24. The van der Waals surface area contributed by atoms with Crippen LogP contribution in [0, 0.1) is 10.1 Å². The predicted molar refractivity (Wildman–Crippen MR) is 90.8 cm³/mol. The Hall–Kier alpha value is -2.64. The molecular weight excluding hydrogens is 357 g/mol. The van der Waals surface area contributed by atoms with Crippen molar-refractivity contribution < 1.29 is 14.5 Å². The summed E-state index contributed by atoms with van der Waals surface area (Å²) in [6, 6.07) is 10.7. The van der Waals surface area contributed by atoms with Gasteiger partial charge in [-0.2, -0.15) is 5.10 Å². The second-order valence-corrected chi connectivity index (χ2v) is 5.35. The maximum atomic E-state index is 11.6. The van der Waals surface area contributed by atoms with Gasteiger partial charge < -0.3 is 4.74 Å². The normalized spacial score (nSPS) is 10.6. The molecule has 0 bridgehead atoms. The number of hydrogen-bond donors (Lipinski definition) is 1. The number of nitrogens with one attached hydrogen (secondary N) is 1. The second-order valence-electron chi connectivity index (χ2n) is 4.50. The third-order valence-corrected chi connectivity index (χ3v) is 3.31. The molecule has 0 atom stereocenters. The van der Waals surface area contributed by atoms with Crippen LogP contribution < -0.4 is 10.2 Å². The van der Waals surface area contributed by atoms with Crippen molar-refractivity contribution in [3.05, 3.63) is 68.2 Å². The Bertz CT molecular complexity index is 779. The topological polar surface area (TPSA) is 93.8 Å². The summed E-state index contributed by atoms with van der Waals surface area (Å²) in [5, 5.41) is 14.9. The molecule has 0 aliphatic heterocycles. The molecule has 0 radical (unpaired) electrons. The van der Waals surface area contributed by atoms with Crippen LogP contribution in [0.3, 0.4) is 0 Å². The summed E-state index contributed by atoms with van der Waals surface area (Å²) in [5.41, 5.74) is 2.58. The lowest BCUT2D eigenvalue weighted by molar-refractivity contribution is -0.384. The molecular formula is C15H11Cl2N3O4. The Balaban J connectivity index is 1.84. The number of rotatable bonds is 6. The molecule has 0 unspecified atom stereocenters. The van der Waals surface area contributed by atoms with E-state index in [1.165, 1.54) is 24.4 Å². The van der Waals surface area contributed by atoms with E-state index < -0.39 is 10.8 Å². The van der Waals surface area contributed by atoms with E-state index in [0.717, 1.165) is 0 Å². The SMILES string of the molecule is O=C(COc1ccc(Cl)cc1)N/N=C/c1ccc([N+](=O)[O-])c(Cl)c1. The number of ether oxygens (including phenoxy) is 1. The Morgan fingerprint density at radius 3 is 2.58 bits per heavy atom. The minimum atomic E-state index is -0.584. The molecule has 2 aromatic carbocycles. The molecule has 9 heteroatoms. The van der Waals surface area contributed by atoms with Crippen LogP contribution in [0.4, 0.5) is 5.69 Å². The number of halogens is 2.